The van der Waals surface area contributed by atoms with Crippen LogP contribution < -0.4 is 5.32 Å². The molecule has 1 unspecified atom stereocenters. The van der Waals surface area contributed by atoms with Gasteiger partial charge in [0.2, 0.25) is 0 Å². The summed E-state index contributed by atoms with van der Waals surface area (Å²) in [5.74, 6) is 0. The average molecular weight is 232 g/mol. The predicted octanol–water partition coefficient (Wildman–Crippen LogP) is 2.78. The SMILES string of the molecule is Cc1ccc(C2CN(C(C)C)C(=O)N2)c(C)c1. The van der Waals surface area contributed by atoms with E-state index in [0.717, 1.165) is 6.54 Å². The summed E-state index contributed by atoms with van der Waals surface area (Å²) in [6.07, 6.45) is 0. The Morgan fingerprint density at radius 2 is 2.06 bits per heavy atom. The largest absolute Gasteiger partial charge is 0.329 e. The first-order valence-corrected chi connectivity index (χ1v) is 6.13. The van der Waals surface area contributed by atoms with E-state index in [1.54, 1.807) is 0 Å². The lowest BCUT2D eigenvalue weighted by Crippen LogP contribution is -2.33. The number of hydrogen-bond donors (Lipinski definition) is 1. The van der Waals surface area contributed by atoms with Crippen LogP contribution in [0.25, 0.3) is 0 Å². The van der Waals surface area contributed by atoms with Crippen LogP contribution in [0, 0.1) is 13.8 Å². The Balaban J connectivity index is 2.22. The summed E-state index contributed by atoms with van der Waals surface area (Å²) < 4.78 is 0. The maximum Gasteiger partial charge on any atom is 0.318 e. The van der Waals surface area contributed by atoms with E-state index >= 15 is 0 Å². The van der Waals surface area contributed by atoms with Crippen molar-refractivity contribution < 1.29 is 4.79 Å². The van der Waals surface area contributed by atoms with Gasteiger partial charge in [-0.3, -0.25) is 0 Å². The molecule has 0 aromatic heterocycles. The summed E-state index contributed by atoms with van der Waals surface area (Å²) in [5.41, 5.74) is 3.74. The van der Waals surface area contributed by atoms with E-state index in [0.29, 0.717) is 0 Å². The van der Waals surface area contributed by atoms with Crippen LogP contribution in [-0.4, -0.2) is 23.5 Å². The number of benzene rings is 1. The highest BCUT2D eigenvalue weighted by atomic mass is 16.2. The van der Waals surface area contributed by atoms with E-state index in [1.807, 2.05) is 18.7 Å². The summed E-state index contributed by atoms with van der Waals surface area (Å²) >= 11 is 0. The van der Waals surface area contributed by atoms with Crippen LogP contribution in [0.5, 0.6) is 0 Å². The molecule has 3 heteroatoms. The van der Waals surface area contributed by atoms with Crippen LogP contribution >= 0.6 is 0 Å². The molecule has 1 aromatic carbocycles. The number of carbonyl (C=O) groups excluding carboxylic acids is 1. The molecular weight excluding hydrogens is 212 g/mol. The van der Waals surface area contributed by atoms with Crippen molar-refractivity contribution in [2.24, 2.45) is 0 Å². The van der Waals surface area contributed by atoms with Crippen molar-refractivity contribution >= 4 is 6.03 Å². The quantitative estimate of drug-likeness (QED) is 0.835. The second-order valence-electron chi connectivity index (χ2n) is 5.11. The van der Waals surface area contributed by atoms with Gasteiger partial charge in [0.15, 0.2) is 0 Å². The average Bonchev–Trinajstić information content (AvgIpc) is 2.60. The van der Waals surface area contributed by atoms with Gasteiger partial charge < -0.3 is 10.2 Å². The molecule has 1 atom stereocenters. The van der Waals surface area contributed by atoms with Crippen LogP contribution in [0.15, 0.2) is 18.2 Å². The summed E-state index contributed by atoms with van der Waals surface area (Å²) in [6.45, 7) is 9.05. The van der Waals surface area contributed by atoms with Gasteiger partial charge >= 0.3 is 6.03 Å². The molecule has 1 heterocycles. The molecule has 0 radical (unpaired) electrons. The first-order valence-electron chi connectivity index (χ1n) is 6.13. The summed E-state index contributed by atoms with van der Waals surface area (Å²) in [4.78, 5) is 13.7. The van der Waals surface area contributed by atoms with Crippen molar-refractivity contribution in [2.45, 2.75) is 39.8 Å². The van der Waals surface area contributed by atoms with Gasteiger partial charge in [0.1, 0.15) is 0 Å². The van der Waals surface area contributed by atoms with Gasteiger partial charge in [-0.05, 0) is 38.8 Å². The maximum absolute atomic E-state index is 11.8. The molecule has 0 aliphatic carbocycles. The third-order valence-electron chi connectivity index (χ3n) is 3.36. The Kier molecular flexibility index (Phi) is 3.09. The first-order chi connectivity index (χ1) is 7.99. The van der Waals surface area contributed by atoms with E-state index < -0.39 is 0 Å². The minimum absolute atomic E-state index is 0.0463. The Labute approximate surface area is 103 Å². The van der Waals surface area contributed by atoms with E-state index in [1.165, 1.54) is 16.7 Å². The highest BCUT2D eigenvalue weighted by Crippen LogP contribution is 2.25. The topological polar surface area (TPSA) is 32.3 Å². The van der Waals surface area contributed by atoms with Gasteiger partial charge in [0.05, 0.1) is 6.04 Å². The Morgan fingerprint density at radius 3 is 2.59 bits per heavy atom. The van der Waals surface area contributed by atoms with Crippen LogP contribution in [0.2, 0.25) is 0 Å². The molecule has 0 saturated carbocycles. The molecule has 2 amide bonds. The Morgan fingerprint density at radius 1 is 1.35 bits per heavy atom. The van der Waals surface area contributed by atoms with E-state index in [4.69, 9.17) is 0 Å². The normalized spacial score (nSPS) is 19.9. The molecule has 0 bridgehead atoms. The predicted molar refractivity (Wildman–Crippen MR) is 69.0 cm³/mol. The van der Waals surface area contributed by atoms with Crippen LogP contribution in [0.4, 0.5) is 4.79 Å². The van der Waals surface area contributed by atoms with Crippen molar-refractivity contribution in [2.75, 3.05) is 6.54 Å². The molecule has 2 rings (SSSR count). The van der Waals surface area contributed by atoms with E-state index in [9.17, 15) is 4.79 Å². The molecule has 17 heavy (non-hydrogen) atoms. The Bertz CT molecular complexity index is 440. The third kappa shape index (κ3) is 2.28. The minimum Gasteiger partial charge on any atom is -0.329 e. The maximum atomic E-state index is 11.8. The number of rotatable bonds is 2. The fourth-order valence-corrected chi connectivity index (χ4v) is 2.40. The molecule has 1 saturated heterocycles. The van der Waals surface area contributed by atoms with Crippen LogP contribution in [-0.2, 0) is 0 Å². The lowest BCUT2D eigenvalue weighted by Gasteiger charge is -2.19. The smallest absolute Gasteiger partial charge is 0.318 e. The van der Waals surface area contributed by atoms with E-state index in [-0.39, 0.29) is 18.1 Å². The van der Waals surface area contributed by atoms with Crippen molar-refractivity contribution in [3.8, 4) is 0 Å². The van der Waals surface area contributed by atoms with Gasteiger partial charge in [-0.25, -0.2) is 4.79 Å². The minimum atomic E-state index is 0.0463. The van der Waals surface area contributed by atoms with Gasteiger partial charge in [-0.1, -0.05) is 23.8 Å². The zero-order chi connectivity index (χ0) is 12.6. The molecule has 92 valence electrons. The Hall–Kier alpha value is -1.51. The highest BCUT2D eigenvalue weighted by Gasteiger charge is 2.31. The standard InChI is InChI=1S/C14H20N2O/c1-9(2)16-8-13(15-14(16)17)12-6-5-10(3)7-11(12)4/h5-7,9,13H,8H2,1-4H3,(H,15,17). The molecule has 3 nitrogen and oxygen atoms in total. The molecule has 0 spiro atoms. The van der Waals surface area contributed by atoms with Crippen molar-refractivity contribution in [3.05, 3.63) is 34.9 Å². The number of amides is 2. The molecule has 1 fully saturated rings. The number of urea groups is 1. The molecule has 1 aromatic rings. The summed E-state index contributed by atoms with van der Waals surface area (Å²) in [6, 6.07) is 6.83. The van der Waals surface area contributed by atoms with Gasteiger partial charge in [-0.2, -0.15) is 0 Å². The third-order valence-corrected chi connectivity index (χ3v) is 3.36. The number of nitrogens with zero attached hydrogens (tertiary/aromatic N) is 1. The second-order valence-corrected chi connectivity index (χ2v) is 5.11. The fraction of sp³-hybridized carbons (Fsp3) is 0.500. The van der Waals surface area contributed by atoms with Gasteiger partial charge in [0, 0.05) is 12.6 Å². The van der Waals surface area contributed by atoms with Crippen LogP contribution in [0.3, 0.4) is 0 Å². The molecular formula is C14H20N2O. The molecule has 1 N–H and O–H groups in total. The van der Waals surface area contributed by atoms with Gasteiger partial charge in [0.25, 0.3) is 0 Å². The van der Waals surface area contributed by atoms with E-state index in [2.05, 4.69) is 37.4 Å². The van der Waals surface area contributed by atoms with Crippen molar-refractivity contribution in [3.63, 3.8) is 0 Å². The number of nitrogens with one attached hydrogen (secondary N) is 1. The summed E-state index contributed by atoms with van der Waals surface area (Å²) in [5, 5.41) is 3.05. The number of aryl methyl sites for hydroxylation is 2. The second kappa shape index (κ2) is 4.40. The number of hydrogen-bond acceptors (Lipinski definition) is 1. The zero-order valence-electron chi connectivity index (χ0n) is 10.9. The monoisotopic (exact) mass is 232 g/mol. The van der Waals surface area contributed by atoms with Crippen LogP contribution in [0.1, 0.15) is 36.6 Å². The molecule has 1 aliphatic rings. The van der Waals surface area contributed by atoms with Crippen molar-refractivity contribution in [1.82, 2.24) is 10.2 Å². The zero-order valence-corrected chi connectivity index (χ0v) is 10.9. The summed E-state index contributed by atoms with van der Waals surface area (Å²) in [7, 11) is 0. The number of carbonyl (C=O) groups is 1. The first kappa shape index (κ1) is 12.0. The molecule has 1 aliphatic heterocycles. The highest BCUT2D eigenvalue weighted by molar-refractivity contribution is 5.77. The fourth-order valence-electron chi connectivity index (χ4n) is 2.40. The lowest BCUT2D eigenvalue weighted by atomic mass is 9.99. The van der Waals surface area contributed by atoms with Gasteiger partial charge in [-0.15, -0.1) is 0 Å². The van der Waals surface area contributed by atoms with Crippen molar-refractivity contribution in [1.29, 1.82) is 0 Å². The lowest BCUT2D eigenvalue weighted by molar-refractivity contribution is 0.206.